The van der Waals surface area contributed by atoms with Crippen molar-refractivity contribution >= 4 is 46.7 Å². The van der Waals surface area contributed by atoms with Gasteiger partial charge in [0.25, 0.3) is 5.91 Å². The molecule has 1 atom stereocenters. The number of nitrogens with one attached hydrogen (secondary N) is 2. The van der Waals surface area contributed by atoms with E-state index < -0.39 is 0 Å². The van der Waals surface area contributed by atoms with Crippen LogP contribution in [0.1, 0.15) is 34.5 Å². The molecular weight excluding hydrogens is 462 g/mol. The van der Waals surface area contributed by atoms with Gasteiger partial charge >= 0.3 is 0 Å². The van der Waals surface area contributed by atoms with Crippen molar-refractivity contribution in [2.24, 2.45) is 0 Å². The Morgan fingerprint density at radius 1 is 1.03 bits per heavy atom. The summed E-state index contributed by atoms with van der Waals surface area (Å²) in [5.74, 6) is 0.198. The molecule has 5 nitrogen and oxygen atoms in total. The van der Waals surface area contributed by atoms with E-state index in [0.717, 1.165) is 31.7 Å². The number of ketones is 1. The summed E-state index contributed by atoms with van der Waals surface area (Å²) in [6, 6.07) is 20.8. The summed E-state index contributed by atoms with van der Waals surface area (Å²) in [6.45, 7) is 3.91. The maximum Gasteiger partial charge on any atom is 0.253 e. The molecule has 170 valence electrons. The van der Waals surface area contributed by atoms with Crippen LogP contribution in [-0.2, 0) is 4.79 Å². The molecule has 3 heterocycles. The largest absolute Gasteiger partial charge is 0.322 e. The summed E-state index contributed by atoms with van der Waals surface area (Å²) in [5, 5.41) is 11.9. The molecule has 5 rings (SSSR count). The lowest BCUT2D eigenvalue weighted by atomic mass is 9.89. The van der Waals surface area contributed by atoms with Gasteiger partial charge in [-0.15, -0.1) is 11.8 Å². The molecule has 0 bridgehead atoms. The molecule has 0 aliphatic carbocycles. The fraction of sp³-hybridized carbons (Fsp3) is 0.148. The van der Waals surface area contributed by atoms with E-state index in [0.29, 0.717) is 17.0 Å². The van der Waals surface area contributed by atoms with E-state index >= 15 is 0 Å². The zero-order valence-electron chi connectivity index (χ0n) is 18.8. The lowest BCUT2D eigenvalue weighted by molar-refractivity contribution is -0.113. The Labute approximate surface area is 206 Å². The number of Topliss-reactive ketones (excluding diaryl/α,β-unsaturated/α-hetero) is 1. The number of allylic oxidation sites excluding steroid dienone is 2. The quantitative estimate of drug-likeness (QED) is 0.407. The fourth-order valence-electron chi connectivity index (χ4n) is 4.35. The minimum absolute atomic E-state index is 0.0460. The van der Waals surface area contributed by atoms with Crippen LogP contribution in [0.4, 0.5) is 5.69 Å². The Kier molecular flexibility index (Phi) is 6.06. The van der Waals surface area contributed by atoms with Crippen LogP contribution < -0.4 is 5.32 Å². The third-order valence-electron chi connectivity index (χ3n) is 6.06. The molecule has 0 saturated carbocycles. The standard InChI is InChI=1S/C27H23N3O2S2/c1-16-9-6-7-12-19(16)29-26(32)22-17(2)34-27(33-15-21(31)18-10-4-3-5-11-18)24-23(22)20-13-8-14-30(20)25(24)28/h3-14,23,28H,15H2,1-2H3,(H,29,32). The van der Waals surface area contributed by atoms with Gasteiger partial charge < -0.3 is 9.88 Å². The predicted molar refractivity (Wildman–Crippen MR) is 141 cm³/mol. The van der Waals surface area contributed by atoms with Crippen LogP contribution in [-0.4, -0.2) is 27.8 Å². The molecule has 2 aliphatic heterocycles. The summed E-state index contributed by atoms with van der Waals surface area (Å²) in [7, 11) is 0. The molecule has 2 N–H and O–H groups in total. The van der Waals surface area contributed by atoms with Gasteiger partial charge in [0.2, 0.25) is 0 Å². The van der Waals surface area contributed by atoms with E-state index in [2.05, 4.69) is 5.32 Å². The van der Waals surface area contributed by atoms with Crippen LogP contribution in [0.5, 0.6) is 0 Å². The summed E-state index contributed by atoms with van der Waals surface area (Å²) in [6.07, 6.45) is 1.86. The molecule has 2 aromatic carbocycles. The minimum atomic E-state index is -0.331. The van der Waals surface area contributed by atoms with Crippen molar-refractivity contribution in [3.63, 3.8) is 0 Å². The van der Waals surface area contributed by atoms with E-state index in [-0.39, 0.29) is 23.4 Å². The molecule has 0 spiro atoms. The van der Waals surface area contributed by atoms with Gasteiger partial charge in [0.1, 0.15) is 5.84 Å². The highest BCUT2D eigenvalue weighted by Crippen LogP contribution is 2.53. The number of hydrogen-bond acceptors (Lipinski definition) is 5. The van der Waals surface area contributed by atoms with E-state index in [4.69, 9.17) is 5.41 Å². The first kappa shape index (κ1) is 22.5. The number of carbonyl (C=O) groups excluding carboxylic acids is 2. The molecule has 0 radical (unpaired) electrons. The normalized spacial score (nSPS) is 17.0. The topological polar surface area (TPSA) is 75.0 Å². The Balaban J connectivity index is 1.47. The summed E-state index contributed by atoms with van der Waals surface area (Å²) < 4.78 is 2.74. The maximum atomic E-state index is 13.5. The number of thioether (sulfide) groups is 2. The van der Waals surface area contributed by atoms with E-state index in [1.54, 1.807) is 0 Å². The second kappa shape index (κ2) is 9.16. The number of rotatable bonds is 6. The van der Waals surface area contributed by atoms with Crippen LogP contribution in [0, 0.1) is 12.3 Å². The number of para-hydroxylation sites is 1. The van der Waals surface area contributed by atoms with Gasteiger partial charge in [-0.25, -0.2) is 0 Å². The number of nitrogens with zero attached hydrogens (tertiary/aromatic N) is 1. The van der Waals surface area contributed by atoms with Gasteiger partial charge in [-0.05, 0) is 42.5 Å². The fourth-order valence-corrected chi connectivity index (χ4v) is 6.86. The van der Waals surface area contributed by atoms with Gasteiger partial charge in [0, 0.05) is 34.3 Å². The van der Waals surface area contributed by atoms with Crippen molar-refractivity contribution in [1.82, 2.24) is 4.57 Å². The monoisotopic (exact) mass is 485 g/mol. The SMILES string of the molecule is CC1=C(C(=O)Nc2ccccc2C)C2C(=C(SCC(=O)c3ccccc3)S1)C(=N)n1cccc12. The second-order valence-electron chi connectivity index (χ2n) is 8.20. The number of hydrogen-bond donors (Lipinski definition) is 2. The average molecular weight is 486 g/mol. The lowest BCUT2D eigenvalue weighted by Gasteiger charge is -2.26. The number of benzene rings is 2. The van der Waals surface area contributed by atoms with Crippen LogP contribution in [0.15, 0.2) is 93.2 Å². The first-order valence-corrected chi connectivity index (χ1v) is 12.7. The summed E-state index contributed by atoms with van der Waals surface area (Å²) >= 11 is 2.94. The van der Waals surface area contributed by atoms with Gasteiger partial charge in [-0.2, -0.15) is 0 Å². The summed E-state index contributed by atoms with van der Waals surface area (Å²) in [4.78, 5) is 27.1. The van der Waals surface area contributed by atoms with E-state index in [9.17, 15) is 9.59 Å². The van der Waals surface area contributed by atoms with Gasteiger partial charge in [-0.3, -0.25) is 15.0 Å². The molecule has 0 saturated heterocycles. The van der Waals surface area contributed by atoms with Crippen molar-refractivity contribution in [2.75, 3.05) is 11.1 Å². The molecule has 1 unspecified atom stereocenters. The molecule has 3 aromatic rings. The average Bonchev–Trinajstić information content (AvgIpc) is 3.42. The van der Waals surface area contributed by atoms with Crippen LogP contribution in [0.25, 0.3) is 0 Å². The van der Waals surface area contributed by atoms with Crippen LogP contribution in [0.2, 0.25) is 0 Å². The number of anilines is 1. The number of fused-ring (bicyclic) bond motifs is 3. The maximum absolute atomic E-state index is 13.5. The molecule has 1 amide bonds. The third kappa shape index (κ3) is 3.95. The number of aromatic nitrogens is 1. The Morgan fingerprint density at radius 2 is 1.76 bits per heavy atom. The minimum Gasteiger partial charge on any atom is -0.322 e. The highest BCUT2D eigenvalue weighted by Gasteiger charge is 2.43. The Morgan fingerprint density at radius 3 is 2.53 bits per heavy atom. The number of carbonyl (C=O) groups is 2. The number of amides is 1. The van der Waals surface area contributed by atoms with Crippen molar-refractivity contribution in [3.05, 3.63) is 110 Å². The van der Waals surface area contributed by atoms with Crippen molar-refractivity contribution < 1.29 is 9.59 Å². The van der Waals surface area contributed by atoms with Gasteiger partial charge in [0.05, 0.1) is 15.9 Å². The Bertz CT molecular complexity index is 1390. The molecular formula is C27H23N3O2S2. The van der Waals surface area contributed by atoms with Crippen LogP contribution >= 0.6 is 23.5 Å². The predicted octanol–water partition coefficient (Wildman–Crippen LogP) is 6.21. The molecule has 2 aliphatic rings. The lowest BCUT2D eigenvalue weighted by Crippen LogP contribution is -2.23. The third-order valence-corrected chi connectivity index (χ3v) is 8.49. The molecule has 0 fully saturated rings. The van der Waals surface area contributed by atoms with Crippen LogP contribution in [0.3, 0.4) is 0 Å². The Hall–Kier alpha value is -3.29. The second-order valence-corrected chi connectivity index (χ2v) is 10.7. The molecule has 1 aromatic heterocycles. The smallest absolute Gasteiger partial charge is 0.253 e. The first-order valence-electron chi connectivity index (χ1n) is 10.9. The zero-order valence-corrected chi connectivity index (χ0v) is 20.4. The summed E-state index contributed by atoms with van der Waals surface area (Å²) in [5.41, 5.74) is 4.81. The molecule has 7 heteroatoms. The van der Waals surface area contributed by atoms with Crippen molar-refractivity contribution in [2.45, 2.75) is 19.8 Å². The van der Waals surface area contributed by atoms with Gasteiger partial charge in [0.15, 0.2) is 5.78 Å². The first-order chi connectivity index (χ1) is 16.5. The number of aryl methyl sites for hydroxylation is 1. The zero-order chi connectivity index (χ0) is 23.8. The van der Waals surface area contributed by atoms with E-state index in [1.807, 2.05) is 91.3 Å². The van der Waals surface area contributed by atoms with Crippen molar-refractivity contribution in [3.8, 4) is 0 Å². The molecule has 34 heavy (non-hydrogen) atoms. The van der Waals surface area contributed by atoms with E-state index in [1.165, 1.54) is 23.5 Å². The highest BCUT2D eigenvalue weighted by atomic mass is 32.2. The van der Waals surface area contributed by atoms with Crippen molar-refractivity contribution in [1.29, 1.82) is 5.41 Å². The highest BCUT2D eigenvalue weighted by molar-refractivity contribution is 8.24. The van der Waals surface area contributed by atoms with Gasteiger partial charge in [-0.1, -0.05) is 60.3 Å².